The van der Waals surface area contributed by atoms with Crippen LogP contribution in [0.2, 0.25) is 0 Å². The second kappa shape index (κ2) is 12.2. The van der Waals surface area contributed by atoms with Crippen LogP contribution >= 0.6 is 0 Å². The van der Waals surface area contributed by atoms with E-state index in [4.69, 9.17) is 0 Å². The highest BCUT2D eigenvalue weighted by atomic mass is 15.0. The summed E-state index contributed by atoms with van der Waals surface area (Å²) in [4.78, 5) is 0. The summed E-state index contributed by atoms with van der Waals surface area (Å²) in [7, 11) is 0. The van der Waals surface area contributed by atoms with Crippen LogP contribution in [0.1, 0.15) is 12.0 Å². The van der Waals surface area contributed by atoms with E-state index in [1.165, 1.54) is 77.1 Å². The topological polar surface area (TPSA) is 33.6 Å². The first kappa shape index (κ1) is 30.0. The lowest BCUT2D eigenvalue weighted by Crippen LogP contribution is -1.98. The lowest BCUT2D eigenvalue weighted by molar-refractivity contribution is 0.840. The molecule has 0 saturated heterocycles. The van der Waals surface area contributed by atoms with Crippen LogP contribution < -0.4 is 0 Å². The summed E-state index contributed by atoms with van der Waals surface area (Å²) in [6.45, 7) is 0. The first-order chi connectivity index (χ1) is 25.7. The third-order valence-electron chi connectivity index (χ3n) is 10.6. The Morgan fingerprint density at radius 3 is 1.54 bits per heavy atom. The molecule has 3 nitrogen and oxygen atoms in total. The number of aromatic nitrogens is 2. The second-order valence-corrected chi connectivity index (χ2v) is 13.6. The van der Waals surface area contributed by atoms with Crippen molar-refractivity contribution in [2.24, 2.45) is 5.92 Å². The minimum absolute atomic E-state index is 0.0431. The van der Waals surface area contributed by atoms with E-state index in [9.17, 15) is 5.26 Å². The summed E-state index contributed by atoms with van der Waals surface area (Å²) in [5, 5.41) is 14.3. The maximum absolute atomic E-state index is 9.33. The molecule has 10 rings (SSSR count). The van der Waals surface area contributed by atoms with Gasteiger partial charge in [0.2, 0.25) is 0 Å². The number of hydrogen-bond acceptors (Lipinski definition) is 1. The van der Waals surface area contributed by atoms with Crippen LogP contribution in [0.4, 0.5) is 0 Å². The van der Waals surface area contributed by atoms with E-state index in [2.05, 4.69) is 191 Å². The fraction of sp³-hybridized carbons (Fsp3) is 0.0408. The summed E-state index contributed by atoms with van der Waals surface area (Å²) in [5.74, 6) is -0.0431. The van der Waals surface area contributed by atoms with Gasteiger partial charge >= 0.3 is 0 Å². The third kappa shape index (κ3) is 4.88. The van der Waals surface area contributed by atoms with Crippen molar-refractivity contribution >= 4 is 49.2 Å². The molecule has 52 heavy (non-hydrogen) atoms. The molecular formula is C49H33N3. The Bertz CT molecular complexity index is 2930. The van der Waals surface area contributed by atoms with Crippen LogP contribution in [-0.4, -0.2) is 9.13 Å². The maximum Gasteiger partial charge on any atom is 0.0700 e. The fourth-order valence-electron chi connectivity index (χ4n) is 8.05. The number of allylic oxidation sites excluding steroid dienone is 4. The molecule has 0 bridgehead atoms. The van der Waals surface area contributed by atoms with Crippen molar-refractivity contribution in [1.82, 2.24) is 9.13 Å². The molecule has 0 spiro atoms. The van der Waals surface area contributed by atoms with Crippen molar-refractivity contribution in [2.75, 3.05) is 0 Å². The molecule has 2 heterocycles. The zero-order chi connectivity index (χ0) is 34.6. The van der Waals surface area contributed by atoms with Crippen molar-refractivity contribution in [3.63, 3.8) is 0 Å². The smallest absolute Gasteiger partial charge is 0.0700 e. The van der Waals surface area contributed by atoms with Gasteiger partial charge in [0.15, 0.2) is 0 Å². The van der Waals surface area contributed by atoms with E-state index in [1.807, 2.05) is 6.08 Å². The molecule has 0 saturated carbocycles. The van der Waals surface area contributed by atoms with Crippen LogP contribution in [0, 0.1) is 17.2 Å². The zero-order valence-corrected chi connectivity index (χ0v) is 28.4. The molecule has 1 aliphatic rings. The molecular weight excluding hydrogens is 631 g/mol. The molecule has 7 aromatic carbocycles. The largest absolute Gasteiger partial charge is 0.309 e. The van der Waals surface area contributed by atoms with Gasteiger partial charge in [-0.2, -0.15) is 5.26 Å². The van der Waals surface area contributed by atoms with E-state index >= 15 is 0 Å². The highest BCUT2D eigenvalue weighted by molar-refractivity contribution is 6.11. The SMILES string of the molecule is N#CC1C=CC(c2cccc(-n3c4ccccc4c4cc(-c5ccc(-c6ccc7c(c6)c6ccccc6n7-c6ccccc6)cc5)ccc43)c2)=CC1. The van der Waals surface area contributed by atoms with Crippen molar-refractivity contribution < 1.29 is 0 Å². The van der Waals surface area contributed by atoms with Crippen LogP contribution in [0.25, 0.3) is 82.8 Å². The molecule has 9 aromatic rings. The summed E-state index contributed by atoms with van der Waals surface area (Å²) in [5.41, 5.74) is 14.2. The Balaban J connectivity index is 1.02. The molecule has 2 aromatic heterocycles. The minimum atomic E-state index is -0.0431. The average molecular weight is 664 g/mol. The molecule has 0 amide bonds. The number of nitriles is 1. The van der Waals surface area contributed by atoms with Gasteiger partial charge in [0.25, 0.3) is 0 Å². The number of nitrogens with zero attached hydrogens (tertiary/aromatic N) is 3. The zero-order valence-electron chi connectivity index (χ0n) is 28.4. The predicted octanol–water partition coefficient (Wildman–Crippen LogP) is 12.7. The van der Waals surface area contributed by atoms with Crippen LogP contribution in [0.15, 0.2) is 182 Å². The van der Waals surface area contributed by atoms with Crippen molar-refractivity contribution in [3.05, 3.63) is 188 Å². The number of hydrogen-bond donors (Lipinski definition) is 0. The Hall–Kier alpha value is -6.89. The summed E-state index contributed by atoms with van der Waals surface area (Å²) in [6.07, 6.45) is 7.03. The van der Waals surface area contributed by atoms with Crippen molar-refractivity contribution in [3.8, 4) is 39.7 Å². The van der Waals surface area contributed by atoms with E-state index in [0.717, 1.165) is 17.7 Å². The Morgan fingerprint density at radius 1 is 0.442 bits per heavy atom. The third-order valence-corrected chi connectivity index (χ3v) is 10.6. The number of fused-ring (bicyclic) bond motifs is 6. The fourth-order valence-corrected chi connectivity index (χ4v) is 8.05. The maximum atomic E-state index is 9.33. The molecule has 3 heteroatoms. The van der Waals surface area contributed by atoms with Crippen molar-refractivity contribution in [2.45, 2.75) is 6.42 Å². The van der Waals surface area contributed by atoms with Gasteiger partial charge in [-0.05, 0) is 100 Å². The lowest BCUT2D eigenvalue weighted by atomic mass is 9.94. The van der Waals surface area contributed by atoms with Gasteiger partial charge in [0, 0.05) is 32.9 Å². The van der Waals surface area contributed by atoms with Gasteiger partial charge in [0.05, 0.1) is 34.1 Å². The van der Waals surface area contributed by atoms with Gasteiger partial charge in [-0.15, -0.1) is 0 Å². The van der Waals surface area contributed by atoms with Crippen LogP contribution in [0.3, 0.4) is 0 Å². The quantitative estimate of drug-likeness (QED) is 0.180. The normalized spacial score (nSPS) is 14.3. The first-order valence-electron chi connectivity index (χ1n) is 17.8. The highest BCUT2D eigenvalue weighted by Crippen LogP contribution is 2.38. The Labute approximate surface area is 302 Å². The summed E-state index contributed by atoms with van der Waals surface area (Å²) < 4.78 is 4.73. The molecule has 1 unspecified atom stereocenters. The molecule has 0 radical (unpaired) electrons. The summed E-state index contributed by atoms with van der Waals surface area (Å²) in [6, 6.07) is 61.8. The average Bonchev–Trinajstić information content (AvgIpc) is 3.73. The number of rotatable bonds is 5. The predicted molar refractivity (Wildman–Crippen MR) is 217 cm³/mol. The van der Waals surface area contributed by atoms with Crippen molar-refractivity contribution in [1.29, 1.82) is 5.26 Å². The highest BCUT2D eigenvalue weighted by Gasteiger charge is 2.16. The van der Waals surface area contributed by atoms with Crippen LogP contribution in [-0.2, 0) is 0 Å². The standard InChI is InChI=1S/C49H33N3/c50-32-33-17-19-34(20-18-33)37-9-8-12-41(29-37)52-47-16-7-5-14-43(47)45-31-39(26-28-49(45)52)36-23-21-35(22-24-36)38-25-27-48-44(30-38)42-13-4-6-15-46(42)51(48)40-10-2-1-3-11-40/h1-17,19-31,33H,18H2. The minimum Gasteiger partial charge on any atom is -0.309 e. The van der Waals surface area contributed by atoms with Gasteiger partial charge in [-0.25, -0.2) is 0 Å². The number of benzene rings is 7. The second-order valence-electron chi connectivity index (χ2n) is 13.6. The Morgan fingerprint density at radius 2 is 0.962 bits per heavy atom. The molecule has 0 N–H and O–H groups in total. The van der Waals surface area contributed by atoms with Gasteiger partial charge in [-0.1, -0.05) is 121 Å². The summed E-state index contributed by atoms with van der Waals surface area (Å²) >= 11 is 0. The lowest BCUT2D eigenvalue weighted by Gasteiger charge is -2.13. The molecule has 0 fully saturated rings. The van der Waals surface area contributed by atoms with Crippen LogP contribution in [0.5, 0.6) is 0 Å². The van der Waals surface area contributed by atoms with E-state index in [1.54, 1.807) is 0 Å². The van der Waals surface area contributed by atoms with Gasteiger partial charge in [-0.3, -0.25) is 0 Å². The van der Waals surface area contributed by atoms with Gasteiger partial charge in [0.1, 0.15) is 0 Å². The molecule has 1 atom stereocenters. The monoisotopic (exact) mass is 663 g/mol. The molecule has 1 aliphatic carbocycles. The Kier molecular flexibility index (Phi) is 7.01. The molecule has 0 aliphatic heterocycles. The molecule has 244 valence electrons. The first-order valence-corrected chi connectivity index (χ1v) is 17.8. The van der Waals surface area contributed by atoms with E-state index < -0.39 is 0 Å². The van der Waals surface area contributed by atoms with E-state index in [0.29, 0.717) is 0 Å². The van der Waals surface area contributed by atoms with E-state index in [-0.39, 0.29) is 5.92 Å². The van der Waals surface area contributed by atoms with Gasteiger partial charge < -0.3 is 9.13 Å². The number of para-hydroxylation sites is 3.